The minimum atomic E-state index is 0.0410. The Morgan fingerprint density at radius 3 is 2.05 bits per heavy atom. The molecule has 0 bridgehead atoms. The van der Waals surface area contributed by atoms with Gasteiger partial charge in [0.25, 0.3) is 0 Å². The molecule has 1 saturated carbocycles. The van der Waals surface area contributed by atoms with Crippen molar-refractivity contribution in [2.24, 2.45) is 0 Å². The first-order chi connectivity index (χ1) is 10.2. The van der Waals surface area contributed by atoms with Gasteiger partial charge in [0.1, 0.15) is 0 Å². The van der Waals surface area contributed by atoms with Crippen LogP contribution in [0, 0.1) is 0 Å². The molecule has 0 aromatic heterocycles. The van der Waals surface area contributed by atoms with E-state index in [1.54, 1.807) is 21.3 Å². The Bertz CT molecular complexity index is 433. The highest BCUT2D eigenvalue weighted by atomic mass is 16.7. The zero-order valence-corrected chi connectivity index (χ0v) is 13.3. The third-order valence-electron chi connectivity index (χ3n) is 3.90. The second-order valence-electron chi connectivity index (χ2n) is 5.32. The fourth-order valence-corrected chi connectivity index (χ4v) is 2.62. The summed E-state index contributed by atoms with van der Waals surface area (Å²) in [5.74, 6) is 1.91. The third kappa shape index (κ3) is 3.80. The highest BCUT2D eigenvalue weighted by molar-refractivity contribution is 5.54. The first kappa shape index (κ1) is 15.9. The van der Waals surface area contributed by atoms with Crippen molar-refractivity contribution in [3.8, 4) is 17.2 Å². The molecule has 118 valence electrons. The molecule has 21 heavy (non-hydrogen) atoms. The van der Waals surface area contributed by atoms with Crippen molar-refractivity contribution in [1.29, 1.82) is 0 Å². The average Bonchev–Trinajstić information content (AvgIpc) is 3.04. The summed E-state index contributed by atoms with van der Waals surface area (Å²) < 4.78 is 16.1. The van der Waals surface area contributed by atoms with Crippen LogP contribution in [0.4, 0.5) is 0 Å². The van der Waals surface area contributed by atoms with Crippen LogP contribution in [0.2, 0.25) is 0 Å². The van der Waals surface area contributed by atoms with Gasteiger partial charge in [0, 0.05) is 0 Å². The summed E-state index contributed by atoms with van der Waals surface area (Å²) in [6, 6.07) is 3.92. The third-order valence-corrected chi connectivity index (χ3v) is 3.90. The molecule has 0 saturated heterocycles. The van der Waals surface area contributed by atoms with Gasteiger partial charge in [-0.15, -0.1) is 0 Å². The molecule has 2 rings (SSSR count). The maximum atomic E-state index is 5.76. The number of hydroxylamine groups is 1. The van der Waals surface area contributed by atoms with Crippen LogP contribution in [-0.2, 0) is 4.84 Å². The second-order valence-corrected chi connectivity index (χ2v) is 5.32. The van der Waals surface area contributed by atoms with Crippen molar-refractivity contribution in [1.82, 2.24) is 5.48 Å². The SMILES string of the molecule is COc1cc(C(C)NOC2CCCC2)cc(OC)c1OC. The summed E-state index contributed by atoms with van der Waals surface area (Å²) in [5, 5.41) is 0. The number of ether oxygens (including phenoxy) is 3. The summed E-state index contributed by atoms with van der Waals surface area (Å²) in [4.78, 5) is 5.76. The van der Waals surface area contributed by atoms with Gasteiger partial charge in [-0.2, -0.15) is 5.48 Å². The lowest BCUT2D eigenvalue weighted by Crippen LogP contribution is -2.24. The van der Waals surface area contributed by atoms with Crippen LogP contribution in [0.1, 0.15) is 44.2 Å². The van der Waals surface area contributed by atoms with Gasteiger partial charge in [-0.05, 0) is 37.5 Å². The molecule has 1 aromatic rings. The average molecular weight is 295 g/mol. The molecular formula is C16H25NO4. The van der Waals surface area contributed by atoms with E-state index in [4.69, 9.17) is 19.0 Å². The predicted octanol–water partition coefficient (Wildman–Crippen LogP) is 3.24. The fraction of sp³-hybridized carbons (Fsp3) is 0.625. The second kappa shape index (κ2) is 7.52. The number of rotatable bonds is 7. The normalized spacial score (nSPS) is 16.8. The fourth-order valence-electron chi connectivity index (χ4n) is 2.62. The molecule has 0 aliphatic heterocycles. The molecule has 1 aliphatic rings. The molecule has 1 unspecified atom stereocenters. The highest BCUT2D eigenvalue weighted by Gasteiger charge is 2.19. The molecule has 1 N–H and O–H groups in total. The Hall–Kier alpha value is -1.46. The van der Waals surface area contributed by atoms with Gasteiger partial charge in [-0.25, -0.2) is 0 Å². The summed E-state index contributed by atoms with van der Waals surface area (Å²) in [7, 11) is 4.84. The van der Waals surface area contributed by atoms with Crippen LogP contribution >= 0.6 is 0 Å². The van der Waals surface area contributed by atoms with E-state index in [0.29, 0.717) is 23.4 Å². The minimum Gasteiger partial charge on any atom is -0.493 e. The molecule has 1 aromatic carbocycles. The Morgan fingerprint density at radius 1 is 1.00 bits per heavy atom. The first-order valence-corrected chi connectivity index (χ1v) is 7.40. The van der Waals surface area contributed by atoms with E-state index in [2.05, 4.69) is 12.4 Å². The van der Waals surface area contributed by atoms with Crippen molar-refractivity contribution in [2.75, 3.05) is 21.3 Å². The van der Waals surface area contributed by atoms with E-state index in [1.807, 2.05) is 12.1 Å². The first-order valence-electron chi connectivity index (χ1n) is 7.40. The molecule has 1 atom stereocenters. The lowest BCUT2D eigenvalue weighted by molar-refractivity contribution is -0.0377. The maximum Gasteiger partial charge on any atom is 0.203 e. The van der Waals surface area contributed by atoms with Gasteiger partial charge >= 0.3 is 0 Å². The van der Waals surface area contributed by atoms with Gasteiger partial charge in [0.05, 0.1) is 33.5 Å². The summed E-state index contributed by atoms with van der Waals surface area (Å²) in [5.41, 5.74) is 4.16. The van der Waals surface area contributed by atoms with E-state index in [9.17, 15) is 0 Å². The topological polar surface area (TPSA) is 49.0 Å². The number of methoxy groups -OCH3 is 3. The molecule has 1 fully saturated rings. The van der Waals surface area contributed by atoms with Crippen LogP contribution < -0.4 is 19.7 Å². The van der Waals surface area contributed by atoms with Gasteiger partial charge in [-0.1, -0.05) is 12.8 Å². The molecule has 0 radical (unpaired) electrons. The Labute approximate surface area is 126 Å². The van der Waals surface area contributed by atoms with E-state index in [0.717, 1.165) is 18.4 Å². The van der Waals surface area contributed by atoms with Crippen LogP contribution in [0.15, 0.2) is 12.1 Å². The van der Waals surface area contributed by atoms with E-state index in [1.165, 1.54) is 12.8 Å². The lowest BCUT2D eigenvalue weighted by atomic mass is 10.1. The van der Waals surface area contributed by atoms with Gasteiger partial charge in [0.15, 0.2) is 11.5 Å². The molecule has 1 aliphatic carbocycles. The Morgan fingerprint density at radius 2 is 1.57 bits per heavy atom. The summed E-state index contributed by atoms with van der Waals surface area (Å²) >= 11 is 0. The molecule has 5 nitrogen and oxygen atoms in total. The maximum absolute atomic E-state index is 5.76. The van der Waals surface area contributed by atoms with Crippen molar-refractivity contribution in [2.45, 2.75) is 44.8 Å². The molecule has 0 spiro atoms. The van der Waals surface area contributed by atoms with Crippen LogP contribution in [0.5, 0.6) is 17.2 Å². The van der Waals surface area contributed by atoms with Crippen molar-refractivity contribution >= 4 is 0 Å². The number of benzene rings is 1. The minimum absolute atomic E-state index is 0.0410. The molecule has 5 heteroatoms. The van der Waals surface area contributed by atoms with Crippen LogP contribution in [0.25, 0.3) is 0 Å². The zero-order valence-electron chi connectivity index (χ0n) is 13.3. The number of nitrogens with one attached hydrogen (secondary N) is 1. The monoisotopic (exact) mass is 295 g/mol. The predicted molar refractivity (Wildman–Crippen MR) is 81.0 cm³/mol. The van der Waals surface area contributed by atoms with Gasteiger partial charge in [-0.3, -0.25) is 4.84 Å². The van der Waals surface area contributed by atoms with Crippen LogP contribution in [0.3, 0.4) is 0 Å². The zero-order chi connectivity index (χ0) is 15.2. The van der Waals surface area contributed by atoms with Crippen molar-refractivity contribution < 1.29 is 19.0 Å². The lowest BCUT2D eigenvalue weighted by Gasteiger charge is -2.20. The van der Waals surface area contributed by atoms with Gasteiger partial charge < -0.3 is 14.2 Å². The van der Waals surface area contributed by atoms with Crippen LogP contribution in [-0.4, -0.2) is 27.4 Å². The highest BCUT2D eigenvalue weighted by Crippen LogP contribution is 2.39. The van der Waals surface area contributed by atoms with Gasteiger partial charge in [0.2, 0.25) is 5.75 Å². The number of hydrogen-bond acceptors (Lipinski definition) is 5. The van der Waals surface area contributed by atoms with Crippen molar-refractivity contribution in [3.63, 3.8) is 0 Å². The Kier molecular flexibility index (Phi) is 5.70. The van der Waals surface area contributed by atoms with E-state index >= 15 is 0 Å². The molecule has 0 amide bonds. The molecule has 0 heterocycles. The summed E-state index contributed by atoms with van der Waals surface area (Å²) in [6.07, 6.45) is 5.11. The van der Waals surface area contributed by atoms with E-state index < -0.39 is 0 Å². The molecular weight excluding hydrogens is 270 g/mol. The van der Waals surface area contributed by atoms with Crippen molar-refractivity contribution in [3.05, 3.63) is 17.7 Å². The van der Waals surface area contributed by atoms with E-state index in [-0.39, 0.29) is 6.04 Å². The largest absolute Gasteiger partial charge is 0.493 e. The number of hydrogen-bond donors (Lipinski definition) is 1. The quantitative estimate of drug-likeness (QED) is 0.783. The Balaban J connectivity index is 2.10. The smallest absolute Gasteiger partial charge is 0.203 e. The summed E-state index contributed by atoms with van der Waals surface area (Å²) in [6.45, 7) is 2.05. The standard InChI is InChI=1S/C16H25NO4/c1-11(17-21-13-7-5-6-8-13)12-9-14(18-2)16(20-4)15(10-12)19-3/h9-11,13,17H,5-8H2,1-4H3.